The second-order valence-corrected chi connectivity index (χ2v) is 30.6. The van der Waals surface area contributed by atoms with E-state index in [0.717, 1.165) is 36.2 Å². The summed E-state index contributed by atoms with van der Waals surface area (Å²) in [7, 11) is 2.80. The minimum Gasteiger partial charge on any atom is -0.459 e. The fourth-order valence-electron chi connectivity index (χ4n) is 15.4. The van der Waals surface area contributed by atoms with Crippen molar-refractivity contribution in [2.45, 2.75) is 331 Å². The highest BCUT2D eigenvalue weighted by atomic mass is 31.2. The number of esters is 1. The normalized spacial score (nSPS) is 36.6. The van der Waals surface area contributed by atoms with Crippen molar-refractivity contribution in [1.82, 2.24) is 9.80 Å². The summed E-state index contributed by atoms with van der Waals surface area (Å²) < 4.78 is 18.6. The van der Waals surface area contributed by atoms with E-state index in [2.05, 4.69) is 0 Å². The van der Waals surface area contributed by atoms with Gasteiger partial charge < -0.3 is 49.5 Å². The number of aliphatic hydroxyl groups is 5. The molecule has 2 saturated heterocycles. The molecule has 0 unspecified atom stereocenters. The highest BCUT2D eigenvalue weighted by molar-refractivity contribution is 7.77. The zero-order valence-electron chi connectivity index (χ0n) is 48.9. The maximum absolute atomic E-state index is 14.3. The van der Waals surface area contributed by atoms with Gasteiger partial charge in [0.2, 0.25) is 5.91 Å². The lowest BCUT2D eigenvalue weighted by Gasteiger charge is -2.49. The Hall–Kier alpha value is -0.950. The maximum Gasteiger partial charge on any atom is 0.311 e. The Morgan fingerprint density at radius 1 is 0.716 bits per heavy atom. The molecule has 5 fully saturated rings. The van der Waals surface area contributed by atoms with Crippen LogP contribution in [0.15, 0.2) is 0 Å². The summed E-state index contributed by atoms with van der Waals surface area (Å²) in [6.45, 7) is 13.8. The first kappa shape index (κ1) is 63.9. The third-order valence-electron chi connectivity index (χ3n) is 19.7. The van der Waals surface area contributed by atoms with Gasteiger partial charge in [-0.15, -0.1) is 0 Å². The fourth-order valence-corrected chi connectivity index (χ4v) is 23.0. The predicted molar refractivity (Wildman–Crippen MR) is 302 cm³/mol. The van der Waals surface area contributed by atoms with E-state index in [1.165, 1.54) is 117 Å². The van der Waals surface area contributed by atoms with E-state index in [9.17, 15) is 35.1 Å². The van der Waals surface area contributed by atoms with Crippen LogP contribution in [0.3, 0.4) is 0 Å². The Kier molecular flexibility index (Phi) is 26.4. The molecule has 5 N–H and O–H groups in total. The molecule has 3 aliphatic carbocycles. The van der Waals surface area contributed by atoms with Gasteiger partial charge in [-0.2, -0.15) is 0 Å². The number of unbranched alkanes of at least 4 members (excludes halogenated alkanes) is 10. The van der Waals surface area contributed by atoms with Crippen LogP contribution in [-0.2, 0) is 23.8 Å². The van der Waals surface area contributed by atoms with Gasteiger partial charge in [0.15, 0.2) is 6.29 Å². The van der Waals surface area contributed by atoms with E-state index < -0.39 is 79.1 Å². The van der Waals surface area contributed by atoms with Crippen molar-refractivity contribution >= 4 is 19.1 Å². The monoisotopic (exact) mass is 1070 g/mol. The molecule has 13 heteroatoms. The van der Waals surface area contributed by atoms with Crippen LogP contribution in [0.2, 0.25) is 0 Å². The van der Waals surface area contributed by atoms with Crippen LogP contribution in [0.5, 0.6) is 0 Å². The molecule has 74 heavy (non-hydrogen) atoms. The summed E-state index contributed by atoms with van der Waals surface area (Å²) >= 11 is 0. The number of hydrogen-bond donors (Lipinski definition) is 5. The van der Waals surface area contributed by atoms with Crippen molar-refractivity contribution < 1.29 is 49.3 Å². The van der Waals surface area contributed by atoms with Gasteiger partial charge in [0.25, 0.3) is 0 Å². The molecule has 0 radical (unpaired) electrons. The smallest absolute Gasteiger partial charge is 0.311 e. The lowest BCUT2D eigenvalue weighted by Crippen LogP contribution is -2.60. The van der Waals surface area contributed by atoms with Gasteiger partial charge in [-0.3, -0.25) is 9.59 Å². The summed E-state index contributed by atoms with van der Waals surface area (Å²) in [5.41, 5.74) is -0.286. The third kappa shape index (κ3) is 17.0. The molecule has 0 aromatic rings. The van der Waals surface area contributed by atoms with Crippen molar-refractivity contribution in [3.63, 3.8) is 0 Å². The molecule has 432 valence electrons. The van der Waals surface area contributed by atoms with Crippen molar-refractivity contribution in [3.8, 4) is 0 Å². The van der Waals surface area contributed by atoms with Crippen molar-refractivity contribution in [2.75, 3.05) is 26.8 Å². The highest BCUT2D eigenvalue weighted by Crippen LogP contribution is 2.77. The van der Waals surface area contributed by atoms with Gasteiger partial charge in [0.1, 0.15) is 23.9 Å². The highest BCUT2D eigenvalue weighted by Gasteiger charge is 2.57. The third-order valence-corrected chi connectivity index (χ3v) is 26.4. The zero-order chi connectivity index (χ0) is 54.2. The average molecular weight is 1070 g/mol. The van der Waals surface area contributed by atoms with E-state index in [0.29, 0.717) is 12.8 Å². The SMILES string of the molecule is CC[C@H]1OC(=O)[C@H](C)[C@@H](O)[C@H](C)[C@@H](O[C@@H]2O[C@H](C)C[C@H](N(C)C)[C@H]2O)[C@](C)(O)C[C@@H](C)CN(C(=O)CCCCCCCCCCCCC[P+](C2CCCCC2)(C2CCCCC2)C2CCCCC2)[C@H](C)[C@@H](O)[C@]1(C)O. The summed E-state index contributed by atoms with van der Waals surface area (Å²) in [6.07, 6.45) is 31.3. The first-order chi connectivity index (χ1) is 35.2. The van der Waals surface area contributed by atoms with Crippen LogP contribution >= 0.6 is 7.26 Å². The second kappa shape index (κ2) is 30.6. The van der Waals surface area contributed by atoms with Crippen LogP contribution in [-0.4, -0.2) is 157 Å². The molecular weight excluding hydrogens is 952 g/mol. The van der Waals surface area contributed by atoms with Crippen molar-refractivity contribution in [2.24, 2.45) is 17.8 Å². The van der Waals surface area contributed by atoms with Crippen LogP contribution in [0.25, 0.3) is 0 Å². The quantitative estimate of drug-likeness (QED) is 0.0421. The van der Waals surface area contributed by atoms with Crippen LogP contribution < -0.4 is 0 Å². The fraction of sp³-hybridized carbons (Fsp3) is 0.967. The summed E-state index contributed by atoms with van der Waals surface area (Å²) in [5.74, 6) is -3.22. The lowest BCUT2D eigenvalue weighted by molar-refractivity contribution is -0.299. The number of carbonyl (C=O) groups is 2. The molecule has 0 bridgehead atoms. The van der Waals surface area contributed by atoms with Crippen LogP contribution in [0, 0.1) is 17.8 Å². The number of amides is 1. The van der Waals surface area contributed by atoms with Gasteiger partial charge in [-0.25, -0.2) is 0 Å². The molecule has 0 aromatic heterocycles. The van der Waals surface area contributed by atoms with E-state index in [1.807, 2.05) is 32.8 Å². The number of cyclic esters (lactones) is 1. The molecule has 0 spiro atoms. The lowest BCUT2D eigenvalue weighted by atomic mass is 9.78. The van der Waals surface area contributed by atoms with Gasteiger partial charge >= 0.3 is 5.97 Å². The number of ether oxygens (including phenoxy) is 3. The first-order valence-electron chi connectivity index (χ1n) is 31.0. The molecule has 2 aliphatic heterocycles. The molecule has 2 heterocycles. The number of hydrogen-bond acceptors (Lipinski definition) is 11. The molecule has 0 aromatic carbocycles. The Morgan fingerprint density at radius 3 is 1.66 bits per heavy atom. The molecule has 5 rings (SSSR count). The predicted octanol–water partition coefficient (Wildman–Crippen LogP) is 11.6. The first-order valence-corrected chi connectivity index (χ1v) is 33.2. The average Bonchev–Trinajstić information content (AvgIpc) is 3.38. The minimum absolute atomic E-state index is 0.118. The molecule has 3 saturated carbocycles. The van der Waals surface area contributed by atoms with Gasteiger partial charge in [0, 0.05) is 32.2 Å². The minimum atomic E-state index is -1.93. The summed E-state index contributed by atoms with van der Waals surface area (Å²) in [4.78, 5) is 31.7. The molecule has 1 amide bonds. The maximum atomic E-state index is 14.3. The number of likely N-dealkylation sites (N-methyl/N-ethyl adjacent to an activating group) is 1. The molecule has 12 nitrogen and oxygen atoms in total. The molecule has 5 aliphatic rings. The number of nitrogens with zero attached hydrogens (tertiary/aromatic N) is 2. The number of aliphatic hydroxyl groups excluding tert-OH is 3. The van der Waals surface area contributed by atoms with E-state index in [1.54, 1.807) is 77.3 Å². The second-order valence-electron chi connectivity index (χ2n) is 26.0. The zero-order valence-corrected chi connectivity index (χ0v) is 49.8. The number of rotatable bonds is 21. The Morgan fingerprint density at radius 2 is 1.19 bits per heavy atom. The topological polar surface area (TPSA) is 169 Å². The summed E-state index contributed by atoms with van der Waals surface area (Å²) in [5, 5.41) is 59.6. The number of carbonyl (C=O) groups excluding carboxylic acids is 2. The summed E-state index contributed by atoms with van der Waals surface area (Å²) in [6, 6.07) is -1.14. The molecule has 14 atom stereocenters. The molecular formula is C61H114N2O10P+. The van der Waals surface area contributed by atoms with Crippen LogP contribution in [0.4, 0.5) is 0 Å². The van der Waals surface area contributed by atoms with E-state index >= 15 is 0 Å². The van der Waals surface area contributed by atoms with Crippen LogP contribution in [0.1, 0.15) is 248 Å². The van der Waals surface area contributed by atoms with Gasteiger partial charge in [0.05, 0.1) is 59.0 Å². The Labute approximate surface area is 452 Å². The van der Waals surface area contributed by atoms with Crippen molar-refractivity contribution in [3.05, 3.63) is 0 Å². The van der Waals surface area contributed by atoms with Crippen molar-refractivity contribution in [1.29, 1.82) is 0 Å². The van der Waals surface area contributed by atoms with E-state index in [-0.39, 0.29) is 49.8 Å². The standard InChI is InChI=1S/C61H114N2O10P/c1-11-52-61(8,70)56(67)47(6)63(42-43(2)41-60(7,69)57(45(4)54(65)46(5)58(68)72-52)73-59-55(66)51(62(9)10)40-44(3)71-59)53(64)38-30-19-17-15-13-12-14-16-18-20-31-39-74(48-32-24-21-25-33-48,49-34-26-22-27-35-49)50-36-28-23-29-37-50/h43-52,54-57,59,65-67,69-70H,11-42H2,1-10H3/q+1/t43-,44-,45+,46-,47-,51+,52-,54+,55-,56-,57-,59+,60-,61-/m1/s1. The Balaban J connectivity index is 1.14. The van der Waals surface area contributed by atoms with Gasteiger partial charge in [-0.05, 0) is 170 Å². The van der Waals surface area contributed by atoms with E-state index in [4.69, 9.17) is 14.2 Å². The largest absolute Gasteiger partial charge is 0.459 e. The van der Waals surface area contributed by atoms with Gasteiger partial charge in [-0.1, -0.05) is 91.4 Å². The Bertz CT molecular complexity index is 1570.